The predicted octanol–water partition coefficient (Wildman–Crippen LogP) is 3.39. The number of halogens is 2. The Morgan fingerprint density at radius 3 is 2.64 bits per heavy atom. The monoisotopic (exact) mass is 382 g/mol. The SMILES string of the molecule is O=C(O)c1cn([C@@H]2C[C@@H]2F)c2cc(-c3ccc4c(c3)CNC4)c(F)cc2c1=O. The van der Waals surface area contributed by atoms with Gasteiger partial charge < -0.3 is 15.0 Å². The van der Waals surface area contributed by atoms with E-state index in [9.17, 15) is 23.5 Å². The van der Waals surface area contributed by atoms with E-state index in [-0.39, 0.29) is 11.8 Å². The summed E-state index contributed by atoms with van der Waals surface area (Å²) >= 11 is 0. The smallest absolute Gasteiger partial charge is 0.341 e. The molecular formula is C21H16F2N2O3. The minimum absolute atomic E-state index is 0.0527. The average Bonchev–Trinajstić information content (AvgIpc) is 3.20. The minimum atomic E-state index is -1.41. The van der Waals surface area contributed by atoms with E-state index in [4.69, 9.17) is 0 Å². The molecule has 1 saturated carbocycles. The van der Waals surface area contributed by atoms with Gasteiger partial charge in [-0.25, -0.2) is 13.6 Å². The molecule has 0 amide bonds. The van der Waals surface area contributed by atoms with Crippen LogP contribution in [0.2, 0.25) is 0 Å². The lowest BCUT2D eigenvalue weighted by Crippen LogP contribution is -2.19. The van der Waals surface area contributed by atoms with Gasteiger partial charge >= 0.3 is 5.97 Å². The Morgan fingerprint density at radius 2 is 1.93 bits per heavy atom. The first-order chi connectivity index (χ1) is 13.4. The summed E-state index contributed by atoms with van der Waals surface area (Å²) < 4.78 is 30.1. The number of carboxylic acids is 1. The Labute approximate surface area is 158 Å². The second kappa shape index (κ2) is 5.97. The first kappa shape index (κ1) is 17.1. The highest BCUT2D eigenvalue weighted by Gasteiger charge is 2.40. The summed E-state index contributed by atoms with van der Waals surface area (Å²) in [6.07, 6.45) is 0.312. The minimum Gasteiger partial charge on any atom is -0.477 e. The molecule has 0 spiro atoms. The summed E-state index contributed by atoms with van der Waals surface area (Å²) in [6.45, 7) is 1.48. The second-order valence-corrected chi connectivity index (χ2v) is 7.34. The van der Waals surface area contributed by atoms with Gasteiger partial charge in [-0.15, -0.1) is 0 Å². The standard InChI is InChI=1S/C21H16F2N2O3/c22-16-4-14-18(5-13(16)10-1-2-11-7-24-8-12(11)3-10)25(19-6-17(19)23)9-15(20(14)26)21(27)28/h1-5,9,17,19,24H,6-8H2,(H,27,28)/t17-,19+/m0/s1. The van der Waals surface area contributed by atoms with Gasteiger partial charge in [0, 0.05) is 36.7 Å². The molecule has 1 aromatic heterocycles. The van der Waals surface area contributed by atoms with Gasteiger partial charge in [0.25, 0.3) is 0 Å². The van der Waals surface area contributed by atoms with Crippen molar-refractivity contribution in [2.24, 2.45) is 0 Å². The zero-order chi connectivity index (χ0) is 19.6. The zero-order valence-electron chi connectivity index (χ0n) is 14.7. The van der Waals surface area contributed by atoms with Gasteiger partial charge in [-0.3, -0.25) is 4.79 Å². The van der Waals surface area contributed by atoms with Gasteiger partial charge in [0.05, 0.1) is 11.6 Å². The summed E-state index contributed by atoms with van der Waals surface area (Å²) in [7, 11) is 0. The molecule has 0 bridgehead atoms. The Hall–Kier alpha value is -3.06. The quantitative estimate of drug-likeness (QED) is 0.729. The summed E-state index contributed by atoms with van der Waals surface area (Å²) in [6, 6.07) is 7.71. The lowest BCUT2D eigenvalue weighted by molar-refractivity contribution is 0.0694. The molecule has 2 heterocycles. The van der Waals surface area contributed by atoms with E-state index in [1.54, 1.807) is 0 Å². The highest BCUT2D eigenvalue weighted by Crippen LogP contribution is 2.41. The van der Waals surface area contributed by atoms with Crippen LogP contribution in [0.5, 0.6) is 0 Å². The van der Waals surface area contributed by atoms with E-state index >= 15 is 0 Å². The molecule has 1 aliphatic heterocycles. The summed E-state index contributed by atoms with van der Waals surface area (Å²) in [4.78, 5) is 24.0. The molecule has 3 aromatic rings. The Kier molecular flexibility index (Phi) is 3.64. The molecule has 0 radical (unpaired) electrons. The first-order valence-corrected chi connectivity index (χ1v) is 9.02. The van der Waals surface area contributed by atoms with Crippen molar-refractivity contribution in [2.75, 3.05) is 0 Å². The van der Waals surface area contributed by atoms with Crippen molar-refractivity contribution < 1.29 is 18.7 Å². The van der Waals surface area contributed by atoms with Gasteiger partial charge in [-0.05, 0) is 34.9 Å². The molecule has 28 heavy (non-hydrogen) atoms. The number of alkyl halides is 1. The van der Waals surface area contributed by atoms with Gasteiger partial charge in [0.1, 0.15) is 17.6 Å². The van der Waals surface area contributed by atoms with Crippen LogP contribution in [0.15, 0.2) is 41.3 Å². The van der Waals surface area contributed by atoms with Gasteiger partial charge in [0.2, 0.25) is 5.43 Å². The molecule has 5 nitrogen and oxygen atoms in total. The number of hydrogen-bond donors (Lipinski definition) is 2. The van der Waals surface area contributed by atoms with Crippen LogP contribution in [0.3, 0.4) is 0 Å². The van der Waals surface area contributed by atoms with Crippen molar-refractivity contribution in [3.05, 3.63) is 69.3 Å². The van der Waals surface area contributed by atoms with Crippen molar-refractivity contribution in [3.63, 3.8) is 0 Å². The maximum absolute atomic E-state index is 14.9. The second-order valence-electron chi connectivity index (χ2n) is 7.34. The van der Waals surface area contributed by atoms with Crippen LogP contribution < -0.4 is 10.7 Å². The first-order valence-electron chi connectivity index (χ1n) is 9.02. The third kappa shape index (κ3) is 2.54. The largest absolute Gasteiger partial charge is 0.477 e. The Morgan fingerprint density at radius 1 is 1.18 bits per heavy atom. The molecule has 5 rings (SSSR count). The molecule has 2 N–H and O–H groups in total. The van der Waals surface area contributed by atoms with Crippen molar-refractivity contribution in [1.29, 1.82) is 0 Å². The molecule has 2 aliphatic rings. The highest BCUT2D eigenvalue weighted by molar-refractivity contribution is 5.94. The molecule has 7 heteroatoms. The number of nitrogens with one attached hydrogen (secondary N) is 1. The highest BCUT2D eigenvalue weighted by atomic mass is 19.1. The number of hydrogen-bond acceptors (Lipinski definition) is 3. The van der Waals surface area contributed by atoms with E-state index in [1.807, 2.05) is 18.2 Å². The number of aromatic carboxylic acids is 1. The van der Waals surface area contributed by atoms with Crippen LogP contribution in [-0.2, 0) is 13.1 Å². The third-order valence-electron chi connectivity index (χ3n) is 5.54. The molecule has 1 aliphatic carbocycles. The fraction of sp³-hybridized carbons (Fsp3) is 0.238. The lowest BCUT2D eigenvalue weighted by Gasteiger charge is -2.14. The van der Waals surface area contributed by atoms with E-state index < -0.39 is 35.0 Å². The van der Waals surface area contributed by atoms with Crippen molar-refractivity contribution in [3.8, 4) is 11.1 Å². The van der Waals surface area contributed by atoms with E-state index in [0.29, 0.717) is 23.2 Å². The van der Waals surface area contributed by atoms with Crippen LogP contribution in [0.25, 0.3) is 22.0 Å². The molecule has 0 unspecified atom stereocenters. The number of carbonyl (C=O) groups is 1. The van der Waals surface area contributed by atoms with Crippen LogP contribution in [-0.4, -0.2) is 21.8 Å². The maximum atomic E-state index is 14.9. The molecule has 2 atom stereocenters. The number of aromatic nitrogens is 1. The predicted molar refractivity (Wildman–Crippen MR) is 99.7 cm³/mol. The summed E-state index contributed by atoms with van der Waals surface area (Å²) in [5, 5.41) is 12.5. The fourth-order valence-corrected chi connectivity index (χ4v) is 3.92. The number of nitrogens with zero attached hydrogens (tertiary/aromatic N) is 1. The molecule has 1 fully saturated rings. The number of pyridine rings is 1. The van der Waals surface area contributed by atoms with E-state index in [2.05, 4.69) is 5.32 Å². The fourth-order valence-electron chi connectivity index (χ4n) is 3.92. The van der Waals surface area contributed by atoms with Gasteiger partial charge in [-0.2, -0.15) is 0 Å². The number of carboxylic acid groups (broad SMARTS) is 1. The topological polar surface area (TPSA) is 71.3 Å². The van der Waals surface area contributed by atoms with Crippen molar-refractivity contribution in [2.45, 2.75) is 31.7 Å². The number of fused-ring (bicyclic) bond motifs is 2. The summed E-state index contributed by atoms with van der Waals surface area (Å²) in [5.74, 6) is -2.02. The molecule has 0 saturated heterocycles. The van der Waals surface area contributed by atoms with Crippen molar-refractivity contribution >= 4 is 16.9 Å². The van der Waals surface area contributed by atoms with Crippen LogP contribution >= 0.6 is 0 Å². The normalized spacial score (nSPS) is 20.4. The average molecular weight is 382 g/mol. The Balaban J connectivity index is 1.77. The Bertz CT molecular complexity index is 1220. The maximum Gasteiger partial charge on any atom is 0.341 e. The van der Waals surface area contributed by atoms with Gasteiger partial charge in [0.15, 0.2) is 0 Å². The van der Waals surface area contributed by atoms with E-state index in [0.717, 1.165) is 23.7 Å². The van der Waals surface area contributed by atoms with Crippen LogP contribution in [0.1, 0.15) is 33.9 Å². The van der Waals surface area contributed by atoms with Crippen LogP contribution in [0.4, 0.5) is 8.78 Å². The number of rotatable bonds is 3. The lowest BCUT2D eigenvalue weighted by atomic mass is 9.98. The molecule has 142 valence electrons. The molecular weight excluding hydrogens is 366 g/mol. The third-order valence-corrected chi connectivity index (χ3v) is 5.54. The van der Waals surface area contributed by atoms with Crippen LogP contribution in [0, 0.1) is 5.82 Å². The van der Waals surface area contributed by atoms with Crippen molar-refractivity contribution in [1.82, 2.24) is 9.88 Å². The molecule has 2 aromatic carbocycles. The number of benzene rings is 2. The van der Waals surface area contributed by atoms with Gasteiger partial charge in [-0.1, -0.05) is 12.1 Å². The summed E-state index contributed by atoms with van der Waals surface area (Å²) in [5.41, 5.74) is 2.30. The van der Waals surface area contributed by atoms with E-state index in [1.165, 1.54) is 16.8 Å². The zero-order valence-corrected chi connectivity index (χ0v) is 14.7.